The average Bonchev–Trinajstić information content (AvgIpc) is 3.21. The summed E-state index contributed by atoms with van der Waals surface area (Å²) in [5, 5.41) is 8.23. The third-order valence-electron chi connectivity index (χ3n) is 5.98. The van der Waals surface area contributed by atoms with Crippen LogP contribution in [0.3, 0.4) is 0 Å². The minimum Gasteiger partial charge on any atom is -0.355 e. The second-order valence-electron chi connectivity index (χ2n) is 8.71. The van der Waals surface area contributed by atoms with Crippen LogP contribution in [0.5, 0.6) is 0 Å². The summed E-state index contributed by atoms with van der Waals surface area (Å²) in [6, 6.07) is 8.57. The van der Waals surface area contributed by atoms with Crippen molar-refractivity contribution in [3.8, 4) is 0 Å². The molecule has 1 atom stereocenters. The first-order chi connectivity index (χ1) is 15.8. The predicted molar refractivity (Wildman–Crippen MR) is 135 cm³/mol. The normalized spacial score (nSPS) is 12.5. The number of rotatable bonds is 11. The quantitative estimate of drug-likeness (QED) is 0.431. The van der Waals surface area contributed by atoms with Crippen LogP contribution in [0.4, 0.5) is 0 Å². The minimum atomic E-state index is 0.00572. The van der Waals surface area contributed by atoms with Crippen LogP contribution in [0, 0.1) is 26.7 Å². The maximum absolute atomic E-state index is 12.3. The molecule has 0 aliphatic rings. The number of benzene rings is 1. The predicted octanol–water partition coefficient (Wildman–Crippen LogP) is 3.83. The fourth-order valence-electron chi connectivity index (χ4n) is 3.87. The Kier molecular flexibility index (Phi) is 8.86. The van der Waals surface area contributed by atoms with Crippen LogP contribution in [0.15, 0.2) is 29.4 Å². The Morgan fingerprint density at radius 3 is 2.48 bits per heavy atom. The lowest BCUT2D eigenvalue weighted by Crippen LogP contribution is -2.36. The maximum Gasteiger partial charge on any atom is 0.253 e. The largest absolute Gasteiger partial charge is 0.355 e. The van der Waals surface area contributed by atoms with Gasteiger partial charge in [-0.3, -0.25) is 4.79 Å². The Morgan fingerprint density at radius 1 is 1.12 bits per heavy atom. The summed E-state index contributed by atoms with van der Waals surface area (Å²) in [6.45, 7) is 16.4. The molecular weight excluding hydrogens is 432 g/mol. The average molecular weight is 469 g/mol. The Labute approximate surface area is 201 Å². The van der Waals surface area contributed by atoms with Crippen LogP contribution in [-0.2, 0) is 11.2 Å². The molecule has 33 heavy (non-hydrogen) atoms. The van der Waals surface area contributed by atoms with Gasteiger partial charge in [0.25, 0.3) is 5.78 Å². The molecule has 8 heteroatoms. The first-order valence-corrected chi connectivity index (χ1v) is 12.7. The van der Waals surface area contributed by atoms with E-state index in [2.05, 4.69) is 84.2 Å². The number of aryl methyl sites for hydroxylation is 3. The van der Waals surface area contributed by atoms with Crippen molar-refractivity contribution in [1.29, 1.82) is 0 Å². The van der Waals surface area contributed by atoms with Crippen molar-refractivity contribution in [3.05, 3.63) is 52.3 Å². The zero-order valence-corrected chi connectivity index (χ0v) is 21.5. The van der Waals surface area contributed by atoms with Gasteiger partial charge < -0.3 is 10.2 Å². The van der Waals surface area contributed by atoms with Gasteiger partial charge in [0.1, 0.15) is 0 Å². The molecule has 0 fully saturated rings. The molecule has 2 heterocycles. The number of carbonyl (C=O) groups is 1. The third-order valence-corrected chi connectivity index (χ3v) is 6.81. The van der Waals surface area contributed by atoms with E-state index in [9.17, 15) is 4.79 Å². The van der Waals surface area contributed by atoms with Crippen molar-refractivity contribution in [3.63, 3.8) is 0 Å². The van der Waals surface area contributed by atoms with Gasteiger partial charge in [-0.05, 0) is 50.9 Å². The SMILES string of the molecule is CCN(CC)C[C@H](C)CNC(=O)CSc1nc2nc(C)c(Cc3ccc(C)cc3)c(C)n2n1. The van der Waals surface area contributed by atoms with Gasteiger partial charge in [0.15, 0.2) is 0 Å². The molecule has 2 aromatic heterocycles. The second-order valence-corrected chi connectivity index (χ2v) is 9.66. The van der Waals surface area contributed by atoms with E-state index < -0.39 is 0 Å². The number of hydrogen-bond donors (Lipinski definition) is 1. The number of carbonyl (C=O) groups excluding carboxylic acids is 1. The second kappa shape index (κ2) is 11.6. The molecule has 3 rings (SSSR count). The van der Waals surface area contributed by atoms with Gasteiger partial charge >= 0.3 is 0 Å². The van der Waals surface area contributed by atoms with Crippen molar-refractivity contribution in [1.82, 2.24) is 29.8 Å². The van der Waals surface area contributed by atoms with Gasteiger partial charge in [-0.1, -0.05) is 62.4 Å². The number of thioether (sulfide) groups is 1. The standard InChI is InChI=1S/C25H36N6OS/c1-7-30(8-2)15-18(4)14-26-23(32)16-33-25-28-24-27-19(5)22(20(6)31(24)29-25)13-21-11-9-17(3)10-12-21/h9-12,18H,7-8,13-16H2,1-6H3,(H,26,32)/t18-/m1/s1. The van der Waals surface area contributed by atoms with Gasteiger partial charge in [-0.15, -0.1) is 5.10 Å². The molecule has 0 aliphatic carbocycles. The molecule has 3 aromatic rings. The lowest BCUT2D eigenvalue weighted by Gasteiger charge is -2.22. The summed E-state index contributed by atoms with van der Waals surface area (Å²) >= 11 is 1.35. The molecule has 0 unspecified atom stereocenters. The number of aromatic nitrogens is 4. The Balaban J connectivity index is 1.61. The molecule has 0 saturated carbocycles. The lowest BCUT2D eigenvalue weighted by atomic mass is 10.0. The first kappa shape index (κ1) is 25.2. The topological polar surface area (TPSA) is 75.4 Å². The van der Waals surface area contributed by atoms with Crippen LogP contribution >= 0.6 is 11.8 Å². The van der Waals surface area contributed by atoms with Gasteiger partial charge in [-0.25, -0.2) is 9.50 Å². The van der Waals surface area contributed by atoms with Gasteiger partial charge in [0.2, 0.25) is 11.1 Å². The smallest absolute Gasteiger partial charge is 0.253 e. The molecule has 0 saturated heterocycles. The van der Waals surface area contributed by atoms with Crippen molar-refractivity contribution < 1.29 is 4.79 Å². The maximum atomic E-state index is 12.3. The third kappa shape index (κ3) is 6.77. The van der Waals surface area contributed by atoms with E-state index in [1.807, 2.05) is 6.92 Å². The molecule has 0 spiro atoms. The summed E-state index contributed by atoms with van der Waals surface area (Å²) in [7, 11) is 0. The van der Waals surface area contributed by atoms with Crippen molar-refractivity contribution >= 4 is 23.4 Å². The van der Waals surface area contributed by atoms with E-state index >= 15 is 0 Å². The lowest BCUT2D eigenvalue weighted by molar-refractivity contribution is -0.118. The molecule has 0 aliphatic heterocycles. The fraction of sp³-hybridized carbons (Fsp3) is 0.520. The van der Waals surface area contributed by atoms with Crippen LogP contribution in [0.25, 0.3) is 5.78 Å². The molecular formula is C25H36N6OS. The molecule has 0 radical (unpaired) electrons. The van der Waals surface area contributed by atoms with Gasteiger partial charge in [0.05, 0.1) is 5.75 Å². The highest BCUT2D eigenvalue weighted by atomic mass is 32.2. The summed E-state index contributed by atoms with van der Waals surface area (Å²) in [5.74, 6) is 1.29. The fourth-order valence-corrected chi connectivity index (χ4v) is 4.52. The minimum absolute atomic E-state index is 0.00572. The Hall–Kier alpha value is -2.45. The van der Waals surface area contributed by atoms with Gasteiger partial charge in [-0.2, -0.15) is 4.98 Å². The summed E-state index contributed by atoms with van der Waals surface area (Å²) in [6.07, 6.45) is 0.803. The summed E-state index contributed by atoms with van der Waals surface area (Å²) in [5.41, 5.74) is 5.65. The molecule has 1 aromatic carbocycles. The van der Waals surface area contributed by atoms with Crippen molar-refractivity contribution in [2.75, 3.05) is 31.9 Å². The van der Waals surface area contributed by atoms with E-state index in [1.54, 1.807) is 4.52 Å². The molecule has 1 amide bonds. The molecule has 0 bridgehead atoms. The van der Waals surface area contributed by atoms with Crippen LogP contribution in [0.2, 0.25) is 0 Å². The number of hydrogen-bond acceptors (Lipinski definition) is 6. The van der Waals surface area contributed by atoms with Crippen molar-refractivity contribution in [2.24, 2.45) is 5.92 Å². The van der Waals surface area contributed by atoms with Crippen LogP contribution < -0.4 is 5.32 Å². The summed E-state index contributed by atoms with van der Waals surface area (Å²) in [4.78, 5) is 23.9. The molecule has 1 N–H and O–H groups in total. The van der Waals surface area contributed by atoms with E-state index in [0.29, 0.717) is 29.1 Å². The number of nitrogens with one attached hydrogen (secondary N) is 1. The Bertz CT molecular complexity index is 1070. The number of nitrogens with zero attached hydrogens (tertiary/aromatic N) is 5. The van der Waals surface area contributed by atoms with E-state index in [-0.39, 0.29) is 5.91 Å². The molecule has 178 valence electrons. The van der Waals surface area contributed by atoms with Crippen molar-refractivity contribution in [2.45, 2.75) is 53.1 Å². The van der Waals surface area contributed by atoms with Crippen LogP contribution in [0.1, 0.15) is 48.8 Å². The van der Waals surface area contributed by atoms with E-state index in [0.717, 1.165) is 43.0 Å². The van der Waals surface area contributed by atoms with Crippen LogP contribution in [-0.4, -0.2) is 62.3 Å². The monoisotopic (exact) mass is 468 g/mol. The number of amides is 1. The van der Waals surface area contributed by atoms with E-state index in [4.69, 9.17) is 0 Å². The first-order valence-electron chi connectivity index (χ1n) is 11.7. The Morgan fingerprint density at radius 2 is 1.82 bits per heavy atom. The highest BCUT2D eigenvalue weighted by molar-refractivity contribution is 7.99. The van der Waals surface area contributed by atoms with Gasteiger partial charge in [0, 0.05) is 30.9 Å². The number of fused-ring (bicyclic) bond motifs is 1. The zero-order valence-electron chi connectivity index (χ0n) is 20.7. The highest BCUT2D eigenvalue weighted by Crippen LogP contribution is 2.21. The van der Waals surface area contributed by atoms with E-state index in [1.165, 1.54) is 22.9 Å². The summed E-state index contributed by atoms with van der Waals surface area (Å²) < 4.78 is 1.79. The zero-order chi connectivity index (χ0) is 24.0. The molecule has 7 nitrogen and oxygen atoms in total. The highest BCUT2D eigenvalue weighted by Gasteiger charge is 2.15.